The van der Waals surface area contributed by atoms with Crippen molar-refractivity contribution in [1.82, 2.24) is 10.2 Å². The summed E-state index contributed by atoms with van der Waals surface area (Å²) in [5.41, 5.74) is 1.65. The van der Waals surface area contributed by atoms with Crippen LogP contribution in [-0.4, -0.2) is 31.6 Å². The van der Waals surface area contributed by atoms with Gasteiger partial charge < -0.3 is 10.2 Å². The van der Waals surface area contributed by atoms with Gasteiger partial charge in [-0.3, -0.25) is 0 Å². The van der Waals surface area contributed by atoms with E-state index in [4.69, 9.17) is 11.6 Å². The van der Waals surface area contributed by atoms with E-state index < -0.39 is 0 Å². The summed E-state index contributed by atoms with van der Waals surface area (Å²) in [5, 5.41) is 4.34. The first kappa shape index (κ1) is 17.5. The van der Waals surface area contributed by atoms with E-state index >= 15 is 0 Å². The average molecular weight is 297 g/mol. The summed E-state index contributed by atoms with van der Waals surface area (Å²) in [6.07, 6.45) is 2.41. The molecule has 0 saturated carbocycles. The van der Waals surface area contributed by atoms with Crippen LogP contribution in [0.1, 0.15) is 39.2 Å². The number of hydrogen-bond acceptors (Lipinski definition) is 2. The van der Waals surface area contributed by atoms with Crippen LogP contribution in [0.25, 0.3) is 0 Å². The zero-order valence-electron chi connectivity index (χ0n) is 13.4. The highest BCUT2D eigenvalue weighted by Gasteiger charge is 2.27. The predicted molar refractivity (Wildman–Crippen MR) is 89.3 cm³/mol. The number of nitrogens with one attached hydrogen (secondary N) is 1. The topological polar surface area (TPSA) is 15.3 Å². The predicted octanol–water partition coefficient (Wildman–Crippen LogP) is 4.19. The number of hydrogen-bond donors (Lipinski definition) is 1. The number of halogens is 1. The van der Waals surface area contributed by atoms with Crippen LogP contribution in [0, 0.1) is 5.41 Å². The van der Waals surface area contributed by atoms with Gasteiger partial charge in [0.15, 0.2) is 0 Å². The molecule has 0 aliphatic heterocycles. The Hall–Kier alpha value is -0.570. The van der Waals surface area contributed by atoms with Crippen molar-refractivity contribution >= 4 is 11.6 Å². The maximum Gasteiger partial charge on any atom is 0.0409 e. The van der Waals surface area contributed by atoms with Crippen LogP contribution in [0.4, 0.5) is 0 Å². The van der Waals surface area contributed by atoms with Crippen LogP contribution in [0.3, 0.4) is 0 Å². The van der Waals surface area contributed by atoms with Gasteiger partial charge >= 0.3 is 0 Å². The molecule has 1 aromatic rings. The van der Waals surface area contributed by atoms with Crippen LogP contribution in [0.2, 0.25) is 5.02 Å². The molecule has 0 heterocycles. The first-order valence-corrected chi connectivity index (χ1v) is 8.06. The summed E-state index contributed by atoms with van der Waals surface area (Å²) in [6, 6.07) is 8.16. The zero-order valence-corrected chi connectivity index (χ0v) is 14.1. The minimum Gasteiger partial charge on any atom is -0.316 e. The smallest absolute Gasteiger partial charge is 0.0409 e. The second-order valence-electron chi connectivity index (χ2n) is 5.79. The molecule has 1 aromatic carbocycles. The maximum atomic E-state index is 6.06. The molecule has 0 spiro atoms. The van der Waals surface area contributed by atoms with Crippen molar-refractivity contribution in [2.45, 2.75) is 40.2 Å². The fourth-order valence-corrected chi connectivity index (χ4v) is 2.96. The third-order valence-electron chi connectivity index (χ3n) is 4.20. The van der Waals surface area contributed by atoms with Crippen molar-refractivity contribution in [2.24, 2.45) is 5.41 Å². The van der Waals surface area contributed by atoms with Gasteiger partial charge in [0.2, 0.25) is 0 Å². The molecule has 1 rings (SSSR count). The van der Waals surface area contributed by atoms with Gasteiger partial charge in [-0.2, -0.15) is 0 Å². The average Bonchev–Trinajstić information content (AvgIpc) is 2.43. The molecule has 0 fully saturated rings. The highest BCUT2D eigenvalue weighted by atomic mass is 35.5. The molecule has 2 nitrogen and oxygen atoms in total. The summed E-state index contributed by atoms with van der Waals surface area (Å²) < 4.78 is 0. The summed E-state index contributed by atoms with van der Waals surface area (Å²) in [5.74, 6) is 0. The lowest BCUT2D eigenvalue weighted by Gasteiger charge is -2.36. The van der Waals surface area contributed by atoms with Crippen LogP contribution < -0.4 is 5.32 Å². The Bertz CT molecular complexity index is 388. The molecule has 0 saturated heterocycles. The van der Waals surface area contributed by atoms with E-state index in [0.29, 0.717) is 5.41 Å². The number of benzene rings is 1. The fraction of sp³-hybridized carbons (Fsp3) is 0.647. The second kappa shape index (κ2) is 8.66. The lowest BCUT2D eigenvalue weighted by Crippen LogP contribution is -2.42. The zero-order chi connectivity index (χ0) is 15.0. The van der Waals surface area contributed by atoms with Crippen LogP contribution >= 0.6 is 11.6 Å². The SMILES string of the molecule is CCNCC(CC)(CC)CN(C)Cc1cccc(Cl)c1. The second-order valence-corrected chi connectivity index (χ2v) is 6.23. The molecular formula is C17H29ClN2. The van der Waals surface area contributed by atoms with Crippen LogP contribution in [-0.2, 0) is 6.54 Å². The molecular weight excluding hydrogens is 268 g/mol. The Morgan fingerprint density at radius 3 is 2.45 bits per heavy atom. The molecule has 1 N–H and O–H groups in total. The highest BCUT2D eigenvalue weighted by Crippen LogP contribution is 2.27. The molecule has 0 radical (unpaired) electrons. The first-order valence-electron chi connectivity index (χ1n) is 7.69. The van der Waals surface area contributed by atoms with Gasteiger partial charge in [0, 0.05) is 24.7 Å². The molecule has 0 aliphatic rings. The van der Waals surface area contributed by atoms with Crippen LogP contribution in [0.5, 0.6) is 0 Å². The van der Waals surface area contributed by atoms with Crippen molar-refractivity contribution in [1.29, 1.82) is 0 Å². The molecule has 114 valence electrons. The van der Waals surface area contributed by atoms with Gasteiger partial charge in [-0.15, -0.1) is 0 Å². The van der Waals surface area contributed by atoms with E-state index in [-0.39, 0.29) is 0 Å². The Morgan fingerprint density at radius 2 is 1.90 bits per heavy atom. The molecule has 0 bridgehead atoms. The van der Waals surface area contributed by atoms with Gasteiger partial charge in [0.25, 0.3) is 0 Å². The molecule has 0 unspecified atom stereocenters. The standard InChI is InChI=1S/C17H29ClN2/c1-5-17(6-2,13-19-7-3)14-20(4)12-15-9-8-10-16(18)11-15/h8-11,19H,5-7,12-14H2,1-4H3. The fourth-order valence-electron chi connectivity index (χ4n) is 2.75. The van der Waals surface area contributed by atoms with Gasteiger partial charge in [-0.05, 0) is 49.5 Å². The lowest BCUT2D eigenvalue weighted by molar-refractivity contribution is 0.151. The van der Waals surface area contributed by atoms with Crippen molar-refractivity contribution < 1.29 is 0 Å². The van der Waals surface area contributed by atoms with Gasteiger partial charge in [-0.25, -0.2) is 0 Å². The summed E-state index contributed by atoms with van der Waals surface area (Å²) >= 11 is 6.06. The summed E-state index contributed by atoms with van der Waals surface area (Å²) in [4.78, 5) is 2.41. The normalized spacial score (nSPS) is 12.1. The Labute approximate surface area is 129 Å². The highest BCUT2D eigenvalue weighted by molar-refractivity contribution is 6.30. The third kappa shape index (κ3) is 5.43. The minimum absolute atomic E-state index is 0.364. The maximum absolute atomic E-state index is 6.06. The molecule has 3 heteroatoms. The van der Waals surface area contributed by atoms with Crippen molar-refractivity contribution in [2.75, 3.05) is 26.7 Å². The Kier molecular flexibility index (Phi) is 7.57. The molecule has 0 aromatic heterocycles. The summed E-state index contributed by atoms with van der Waals surface area (Å²) in [6.45, 7) is 11.0. The molecule has 0 aliphatic carbocycles. The van der Waals surface area contributed by atoms with Crippen molar-refractivity contribution in [3.8, 4) is 0 Å². The van der Waals surface area contributed by atoms with E-state index in [1.165, 1.54) is 18.4 Å². The van der Waals surface area contributed by atoms with Crippen molar-refractivity contribution in [3.63, 3.8) is 0 Å². The van der Waals surface area contributed by atoms with Gasteiger partial charge in [-0.1, -0.05) is 44.5 Å². The van der Waals surface area contributed by atoms with Crippen molar-refractivity contribution in [3.05, 3.63) is 34.9 Å². The Morgan fingerprint density at radius 1 is 1.20 bits per heavy atom. The lowest BCUT2D eigenvalue weighted by atomic mass is 9.81. The first-order chi connectivity index (χ1) is 9.55. The van der Waals surface area contributed by atoms with E-state index in [9.17, 15) is 0 Å². The number of nitrogens with zero attached hydrogens (tertiary/aromatic N) is 1. The van der Waals surface area contributed by atoms with Gasteiger partial charge in [0.1, 0.15) is 0 Å². The monoisotopic (exact) mass is 296 g/mol. The van der Waals surface area contributed by atoms with Gasteiger partial charge in [0.05, 0.1) is 0 Å². The van der Waals surface area contributed by atoms with E-state index in [2.05, 4.69) is 50.2 Å². The molecule has 0 amide bonds. The van der Waals surface area contributed by atoms with E-state index in [0.717, 1.165) is 31.2 Å². The quantitative estimate of drug-likeness (QED) is 0.735. The van der Waals surface area contributed by atoms with E-state index in [1.807, 2.05) is 12.1 Å². The summed E-state index contributed by atoms with van der Waals surface area (Å²) in [7, 11) is 2.20. The number of rotatable bonds is 9. The molecule has 0 atom stereocenters. The largest absolute Gasteiger partial charge is 0.316 e. The third-order valence-corrected chi connectivity index (χ3v) is 4.43. The molecule has 20 heavy (non-hydrogen) atoms. The Balaban J connectivity index is 2.63. The van der Waals surface area contributed by atoms with E-state index in [1.54, 1.807) is 0 Å². The van der Waals surface area contributed by atoms with Crippen LogP contribution in [0.15, 0.2) is 24.3 Å². The minimum atomic E-state index is 0.364.